The largest absolute Gasteiger partial charge is 0.355 e. The Hall–Kier alpha value is -1.88. The average Bonchev–Trinajstić information content (AvgIpc) is 2.54. The predicted octanol–water partition coefficient (Wildman–Crippen LogP) is 1.39. The maximum Gasteiger partial charge on any atom is 0.275 e. The van der Waals surface area contributed by atoms with Crippen molar-refractivity contribution in [3.05, 3.63) is 35.4 Å². The number of carbonyl (C=O) groups excluding carboxylic acids is 2. The molecule has 0 aliphatic rings. The van der Waals surface area contributed by atoms with Gasteiger partial charge in [-0.15, -0.1) is 0 Å². The molecule has 1 unspecified atom stereocenters. The second kappa shape index (κ2) is 10.9. The summed E-state index contributed by atoms with van der Waals surface area (Å²) in [6.07, 6.45) is 3.39. The fraction of sp³-hybridized carbons (Fsp3) is 0.600. The van der Waals surface area contributed by atoms with Gasteiger partial charge in [0.2, 0.25) is 0 Å². The van der Waals surface area contributed by atoms with E-state index in [1.54, 1.807) is 7.05 Å². The summed E-state index contributed by atoms with van der Waals surface area (Å²) in [6.45, 7) is 7.73. The van der Waals surface area contributed by atoms with Crippen LogP contribution in [0.15, 0.2) is 24.3 Å². The van der Waals surface area contributed by atoms with Gasteiger partial charge in [-0.2, -0.15) is 0 Å². The van der Waals surface area contributed by atoms with E-state index in [1.165, 1.54) is 6.42 Å². The van der Waals surface area contributed by atoms with Crippen LogP contribution in [0.4, 0.5) is 0 Å². The number of rotatable bonds is 10. The molecule has 0 aliphatic heterocycles. The molecule has 140 valence electrons. The van der Waals surface area contributed by atoms with Gasteiger partial charge in [0.1, 0.15) is 6.54 Å². The van der Waals surface area contributed by atoms with E-state index >= 15 is 0 Å². The summed E-state index contributed by atoms with van der Waals surface area (Å²) >= 11 is 0. The summed E-state index contributed by atoms with van der Waals surface area (Å²) in [7, 11) is 3.63. The van der Waals surface area contributed by atoms with Gasteiger partial charge in [-0.25, -0.2) is 0 Å². The fourth-order valence-corrected chi connectivity index (χ4v) is 2.83. The molecule has 0 radical (unpaired) electrons. The zero-order chi connectivity index (χ0) is 18.8. The molecule has 0 heterocycles. The van der Waals surface area contributed by atoms with Gasteiger partial charge in [-0.3, -0.25) is 9.59 Å². The number of quaternary nitrogens is 1. The Morgan fingerprint density at radius 3 is 2.28 bits per heavy atom. The predicted molar refractivity (Wildman–Crippen MR) is 102 cm³/mol. The van der Waals surface area contributed by atoms with E-state index in [0.29, 0.717) is 18.0 Å². The van der Waals surface area contributed by atoms with Crippen molar-refractivity contribution < 1.29 is 14.5 Å². The molecule has 5 nitrogen and oxygen atoms in total. The van der Waals surface area contributed by atoms with Gasteiger partial charge in [0.25, 0.3) is 11.8 Å². The smallest absolute Gasteiger partial charge is 0.275 e. The highest BCUT2D eigenvalue weighted by molar-refractivity contribution is 5.93. The molecule has 3 N–H and O–H groups in total. The molecule has 0 spiro atoms. The first-order valence-electron chi connectivity index (χ1n) is 9.23. The van der Waals surface area contributed by atoms with E-state index in [1.807, 2.05) is 31.3 Å². The van der Waals surface area contributed by atoms with Gasteiger partial charge >= 0.3 is 0 Å². The van der Waals surface area contributed by atoms with Crippen molar-refractivity contribution in [3.63, 3.8) is 0 Å². The normalized spacial score (nSPS) is 13.4. The van der Waals surface area contributed by atoms with E-state index in [2.05, 4.69) is 31.4 Å². The quantitative estimate of drug-likeness (QED) is 0.598. The maximum absolute atomic E-state index is 12.1. The van der Waals surface area contributed by atoms with Crippen LogP contribution in [0.25, 0.3) is 0 Å². The highest BCUT2D eigenvalue weighted by Crippen LogP contribution is 2.08. The molecule has 1 rings (SSSR count). The van der Waals surface area contributed by atoms with E-state index in [9.17, 15) is 9.59 Å². The van der Waals surface area contributed by atoms with E-state index in [0.717, 1.165) is 29.8 Å². The molecule has 2 atom stereocenters. The Kier molecular flexibility index (Phi) is 9.21. The maximum atomic E-state index is 12.1. The van der Waals surface area contributed by atoms with Crippen molar-refractivity contribution in [2.75, 3.05) is 20.6 Å². The Morgan fingerprint density at radius 2 is 1.72 bits per heavy atom. The standard InChI is InChI=1S/C20H33N3O2/c1-15(2)7-6-8-16(3)22-19(24)14-23(5)13-17-9-11-18(12-10-17)20(25)21-4/h9-12,15-16H,6-8,13-14H2,1-5H3,(H,21,25)(H,22,24)/p+1/t16-/m0/s1. The number of hydrogen-bond acceptors (Lipinski definition) is 2. The molecule has 0 saturated heterocycles. The zero-order valence-electron chi connectivity index (χ0n) is 16.3. The monoisotopic (exact) mass is 348 g/mol. The minimum Gasteiger partial charge on any atom is -0.355 e. The van der Waals surface area contributed by atoms with Crippen LogP contribution in [0.5, 0.6) is 0 Å². The minimum absolute atomic E-state index is 0.0851. The van der Waals surface area contributed by atoms with Crippen molar-refractivity contribution in [2.24, 2.45) is 5.92 Å². The van der Waals surface area contributed by atoms with Gasteiger partial charge < -0.3 is 15.5 Å². The van der Waals surface area contributed by atoms with Crippen LogP contribution >= 0.6 is 0 Å². The molecular formula is C20H34N3O2+. The molecule has 5 heteroatoms. The van der Waals surface area contributed by atoms with Crippen molar-refractivity contribution in [2.45, 2.75) is 52.6 Å². The van der Waals surface area contributed by atoms with Gasteiger partial charge in [0.05, 0.1) is 7.05 Å². The van der Waals surface area contributed by atoms with Crippen LogP contribution in [0, 0.1) is 5.92 Å². The summed E-state index contributed by atoms with van der Waals surface area (Å²) in [5, 5.41) is 5.70. The zero-order valence-corrected chi connectivity index (χ0v) is 16.3. The third kappa shape index (κ3) is 8.68. The third-order valence-electron chi connectivity index (χ3n) is 4.24. The average molecular weight is 349 g/mol. The van der Waals surface area contributed by atoms with Crippen LogP contribution in [-0.4, -0.2) is 38.5 Å². The topological polar surface area (TPSA) is 62.6 Å². The van der Waals surface area contributed by atoms with Crippen LogP contribution < -0.4 is 15.5 Å². The number of amides is 2. The summed E-state index contributed by atoms with van der Waals surface area (Å²) in [4.78, 5) is 24.8. The summed E-state index contributed by atoms with van der Waals surface area (Å²) in [5.41, 5.74) is 1.76. The SMILES string of the molecule is CNC(=O)c1ccc(C[NH+](C)CC(=O)N[C@@H](C)CCCC(C)C)cc1. The summed E-state index contributed by atoms with van der Waals surface area (Å²) < 4.78 is 0. The molecular weight excluding hydrogens is 314 g/mol. The molecule has 2 amide bonds. The number of carbonyl (C=O) groups is 2. The van der Waals surface area contributed by atoms with Gasteiger partial charge in [-0.1, -0.05) is 38.8 Å². The second-order valence-electron chi connectivity index (χ2n) is 7.38. The minimum atomic E-state index is -0.0851. The van der Waals surface area contributed by atoms with Crippen LogP contribution in [0.2, 0.25) is 0 Å². The lowest BCUT2D eigenvalue weighted by molar-refractivity contribution is -0.885. The van der Waals surface area contributed by atoms with Crippen LogP contribution in [0.1, 0.15) is 56.0 Å². The lowest BCUT2D eigenvalue weighted by Gasteiger charge is -2.17. The summed E-state index contributed by atoms with van der Waals surface area (Å²) in [6, 6.07) is 7.75. The lowest BCUT2D eigenvalue weighted by atomic mass is 10.0. The van der Waals surface area contributed by atoms with E-state index < -0.39 is 0 Å². The summed E-state index contributed by atoms with van der Waals surface area (Å²) in [5.74, 6) is 0.725. The molecule has 1 aromatic rings. The Balaban J connectivity index is 2.36. The molecule has 0 bridgehead atoms. The molecule has 0 aliphatic carbocycles. The first-order chi connectivity index (χ1) is 11.8. The number of benzene rings is 1. The first kappa shape index (κ1) is 21.2. The van der Waals surface area contributed by atoms with Crippen LogP contribution in [0.3, 0.4) is 0 Å². The van der Waals surface area contributed by atoms with E-state index in [-0.39, 0.29) is 17.9 Å². The van der Waals surface area contributed by atoms with Gasteiger partial charge in [0, 0.05) is 24.2 Å². The highest BCUT2D eigenvalue weighted by Gasteiger charge is 2.13. The highest BCUT2D eigenvalue weighted by atomic mass is 16.2. The van der Waals surface area contributed by atoms with Crippen molar-refractivity contribution in [1.82, 2.24) is 10.6 Å². The van der Waals surface area contributed by atoms with Gasteiger partial charge in [0.15, 0.2) is 6.54 Å². The first-order valence-corrected chi connectivity index (χ1v) is 9.23. The Morgan fingerprint density at radius 1 is 1.08 bits per heavy atom. The van der Waals surface area contributed by atoms with Gasteiger partial charge in [-0.05, 0) is 31.4 Å². The molecule has 0 saturated carbocycles. The number of likely N-dealkylation sites (N-methyl/N-ethyl adjacent to an activating group) is 1. The molecule has 25 heavy (non-hydrogen) atoms. The Bertz CT molecular complexity index is 540. The second-order valence-corrected chi connectivity index (χ2v) is 7.38. The van der Waals surface area contributed by atoms with Crippen LogP contribution in [-0.2, 0) is 11.3 Å². The fourth-order valence-electron chi connectivity index (χ4n) is 2.83. The lowest BCUT2D eigenvalue weighted by Crippen LogP contribution is -3.09. The molecule has 0 aromatic heterocycles. The molecule has 1 aromatic carbocycles. The third-order valence-corrected chi connectivity index (χ3v) is 4.24. The number of hydrogen-bond donors (Lipinski definition) is 3. The molecule has 0 fully saturated rings. The van der Waals surface area contributed by atoms with E-state index in [4.69, 9.17) is 0 Å². The van der Waals surface area contributed by atoms with Crippen molar-refractivity contribution in [1.29, 1.82) is 0 Å². The number of nitrogens with one attached hydrogen (secondary N) is 3. The van der Waals surface area contributed by atoms with Crippen molar-refractivity contribution in [3.8, 4) is 0 Å². The van der Waals surface area contributed by atoms with Crippen molar-refractivity contribution >= 4 is 11.8 Å². The Labute approximate surface area is 152 Å².